The second kappa shape index (κ2) is 8.27. The maximum atomic E-state index is 12.9. The molecule has 1 aliphatic heterocycles. The summed E-state index contributed by atoms with van der Waals surface area (Å²) in [7, 11) is 0. The van der Waals surface area contributed by atoms with Gasteiger partial charge >= 0.3 is 0 Å². The largest absolute Gasteiger partial charge is 0.342 e. The topological polar surface area (TPSA) is 56.8 Å². The Morgan fingerprint density at radius 3 is 2.64 bits per heavy atom. The van der Waals surface area contributed by atoms with Gasteiger partial charge in [-0.3, -0.25) is 14.5 Å². The number of aromatic nitrogens is 1. The van der Waals surface area contributed by atoms with Gasteiger partial charge in [0.25, 0.3) is 5.91 Å². The van der Waals surface area contributed by atoms with E-state index in [2.05, 4.69) is 9.88 Å². The molecule has 25 heavy (non-hydrogen) atoms. The van der Waals surface area contributed by atoms with E-state index in [9.17, 15) is 9.59 Å². The molecule has 0 atom stereocenters. The lowest BCUT2D eigenvalue weighted by Crippen LogP contribution is -2.42. The molecule has 3 rings (SSSR count). The number of hydrogen-bond acceptors (Lipinski definition) is 5. The van der Waals surface area contributed by atoms with Gasteiger partial charge in [-0.15, -0.1) is 11.3 Å². The zero-order valence-corrected chi connectivity index (χ0v) is 16.1. The second-order valence-electron chi connectivity index (χ2n) is 6.83. The van der Waals surface area contributed by atoms with E-state index in [0.717, 1.165) is 62.6 Å². The number of likely N-dealkylation sites (N-methyl/N-ethyl adjacent to an activating group) is 1. The molecule has 138 valence electrons. The fourth-order valence-corrected chi connectivity index (χ4v) is 4.25. The SMILES string of the molecule is CCN(CC)C(=O)CN1CCCN(C(=O)c2scnc2C2CC2)CC1. The predicted octanol–water partition coefficient (Wildman–Crippen LogP) is 2.04. The molecule has 1 saturated carbocycles. The molecule has 0 bridgehead atoms. The summed E-state index contributed by atoms with van der Waals surface area (Å²) in [4.78, 5) is 36.5. The van der Waals surface area contributed by atoms with Crippen LogP contribution in [-0.2, 0) is 4.79 Å². The molecule has 0 aromatic carbocycles. The minimum Gasteiger partial charge on any atom is -0.342 e. The van der Waals surface area contributed by atoms with Gasteiger partial charge in [0.15, 0.2) is 0 Å². The Kier molecular flexibility index (Phi) is 6.06. The standard InChI is InChI=1S/C18H28N4O2S/c1-3-21(4-2)15(23)12-20-8-5-9-22(11-10-20)18(24)17-16(14-6-7-14)19-13-25-17/h13-14H,3-12H2,1-2H3. The lowest BCUT2D eigenvalue weighted by atomic mass is 10.2. The molecule has 1 aliphatic carbocycles. The van der Waals surface area contributed by atoms with Crippen molar-refractivity contribution in [2.45, 2.75) is 39.0 Å². The summed E-state index contributed by atoms with van der Waals surface area (Å²) in [5.74, 6) is 0.810. The van der Waals surface area contributed by atoms with Crippen molar-refractivity contribution < 1.29 is 9.59 Å². The van der Waals surface area contributed by atoms with E-state index >= 15 is 0 Å². The molecule has 2 aliphatic rings. The Labute approximate surface area is 153 Å². The van der Waals surface area contributed by atoms with Crippen molar-refractivity contribution in [1.29, 1.82) is 0 Å². The van der Waals surface area contributed by atoms with Crippen LogP contribution in [-0.4, -0.2) is 77.3 Å². The van der Waals surface area contributed by atoms with Crippen LogP contribution >= 0.6 is 11.3 Å². The van der Waals surface area contributed by atoms with E-state index in [1.165, 1.54) is 11.3 Å². The number of carbonyl (C=O) groups is 2. The molecule has 0 radical (unpaired) electrons. The summed E-state index contributed by atoms with van der Waals surface area (Å²) in [5.41, 5.74) is 2.81. The molecular weight excluding hydrogens is 336 g/mol. The molecule has 2 heterocycles. The quantitative estimate of drug-likeness (QED) is 0.775. The third-order valence-corrected chi connectivity index (χ3v) is 5.93. The minimum absolute atomic E-state index is 0.126. The summed E-state index contributed by atoms with van der Waals surface area (Å²) in [5, 5.41) is 0. The first-order valence-corrected chi connectivity index (χ1v) is 10.2. The van der Waals surface area contributed by atoms with Crippen molar-refractivity contribution >= 4 is 23.2 Å². The van der Waals surface area contributed by atoms with Gasteiger partial charge in [0.2, 0.25) is 5.91 Å². The number of amides is 2. The molecular formula is C18H28N4O2S. The Morgan fingerprint density at radius 1 is 1.20 bits per heavy atom. The Balaban J connectivity index is 1.57. The molecule has 0 unspecified atom stereocenters. The monoisotopic (exact) mass is 364 g/mol. The lowest BCUT2D eigenvalue weighted by Gasteiger charge is -2.25. The molecule has 6 nitrogen and oxygen atoms in total. The van der Waals surface area contributed by atoms with Crippen molar-refractivity contribution in [1.82, 2.24) is 19.7 Å². The van der Waals surface area contributed by atoms with Gasteiger partial charge in [-0.05, 0) is 33.1 Å². The number of thiazole rings is 1. The van der Waals surface area contributed by atoms with Crippen LogP contribution in [0.2, 0.25) is 0 Å². The highest BCUT2D eigenvalue weighted by Gasteiger charge is 2.32. The first kappa shape index (κ1) is 18.3. The molecule has 2 fully saturated rings. The predicted molar refractivity (Wildman–Crippen MR) is 99.0 cm³/mol. The van der Waals surface area contributed by atoms with Crippen molar-refractivity contribution in [3.05, 3.63) is 16.1 Å². The fraction of sp³-hybridized carbons (Fsp3) is 0.722. The molecule has 1 aromatic rings. The van der Waals surface area contributed by atoms with Crippen LogP contribution in [0.4, 0.5) is 0 Å². The van der Waals surface area contributed by atoms with Gasteiger partial charge < -0.3 is 9.80 Å². The van der Waals surface area contributed by atoms with Crippen molar-refractivity contribution in [2.75, 3.05) is 45.8 Å². The van der Waals surface area contributed by atoms with E-state index in [4.69, 9.17) is 0 Å². The maximum absolute atomic E-state index is 12.9. The summed E-state index contributed by atoms with van der Waals surface area (Å²) in [6.45, 7) is 9.06. The fourth-order valence-electron chi connectivity index (χ4n) is 3.41. The summed E-state index contributed by atoms with van der Waals surface area (Å²) in [6.07, 6.45) is 3.23. The first-order chi connectivity index (χ1) is 12.1. The van der Waals surface area contributed by atoms with Crippen LogP contribution in [0.15, 0.2) is 5.51 Å². The van der Waals surface area contributed by atoms with Crippen LogP contribution < -0.4 is 0 Å². The highest BCUT2D eigenvalue weighted by molar-refractivity contribution is 7.11. The van der Waals surface area contributed by atoms with Gasteiger partial charge in [-0.2, -0.15) is 0 Å². The first-order valence-electron chi connectivity index (χ1n) is 9.36. The van der Waals surface area contributed by atoms with Crippen LogP contribution in [0.1, 0.15) is 54.4 Å². The Hall–Kier alpha value is -1.47. The Morgan fingerprint density at radius 2 is 1.96 bits per heavy atom. The third-order valence-electron chi connectivity index (χ3n) is 5.10. The molecule has 2 amide bonds. The number of nitrogens with zero attached hydrogens (tertiary/aromatic N) is 4. The van der Waals surface area contributed by atoms with Gasteiger partial charge in [-0.1, -0.05) is 0 Å². The highest BCUT2D eigenvalue weighted by atomic mass is 32.1. The van der Waals surface area contributed by atoms with E-state index in [-0.39, 0.29) is 11.8 Å². The Bertz CT molecular complexity index is 610. The summed E-state index contributed by atoms with van der Waals surface area (Å²) < 4.78 is 0. The number of carbonyl (C=O) groups excluding carboxylic acids is 2. The molecule has 7 heteroatoms. The van der Waals surface area contributed by atoms with E-state index in [1.54, 1.807) is 5.51 Å². The maximum Gasteiger partial charge on any atom is 0.265 e. The van der Waals surface area contributed by atoms with Crippen LogP contribution in [0.25, 0.3) is 0 Å². The average Bonchev–Trinajstić information content (AvgIpc) is 3.38. The van der Waals surface area contributed by atoms with Crippen molar-refractivity contribution in [2.24, 2.45) is 0 Å². The highest BCUT2D eigenvalue weighted by Crippen LogP contribution is 2.42. The van der Waals surface area contributed by atoms with Crippen molar-refractivity contribution in [3.8, 4) is 0 Å². The van der Waals surface area contributed by atoms with Crippen molar-refractivity contribution in [3.63, 3.8) is 0 Å². The van der Waals surface area contributed by atoms with E-state index < -0.39 is 0 Å². The molecule has 0 N–H and O–H groups in total. The third kappa shape index (κ3) is 4.39. The summed E-state index contributed by atoms with van der Waals surface area (Å²) >= 11 is 1.47. The van der Waals surface area contributed by atoms with E-state index in [0.29, 0.717) is 19.0 Å². The normalized spacial score (nSPS) is 18.9. The van der Waals surface area contributed by atoms with Gasteiger partial charge in [0.1, 0.15) is 4.88 Å². The number of hydrogen-bond donors (Lipinski definition) is 0. The molecule has 1 aromatic heterocycles. The minimum atomic E-state index is 0.126. The van der Waals surface area contributed by atoms with E-state index in [1.807, 2.05) is 23.6 Å². The van der Waals surface area contributed by atoms with Crippen LogP contribution in [0, 0.1) is 0 Å². The van der Waals surface area contributed by atoms with Gasteiger partial charge in [0.05, 0.1) is 17.7 Å². The zero-order chi connectivity index (χ0) is 17.8. The average molecular weight is 365 g/mol. The zero-order valence-electron chi connectivity index (χ0n) is 15.2. The van der Waals surface area contributed by atoms with Crippen LogP contribution in [0.5, 0.6) is 0 Å². The van der Waals surface area contributed by atoms with Gasteiger partial charge in [-0.25, -0.2) is 4.98 Å². The smallest absolute Gasteiger partial charge is 0.265 e. The molecule has 0 spiro atoms. The summed E-state index contributed by atoms with van der Waals surface area (Å²) in [6, 6.07) is 0. The number of rotatable bonds is 6. The van der Waals surface area contributed by atoms with Gasteiger partial charge in [0, 0.05) is 45.2 Å². The lowest BCUT2D eigenvalue weighted by molar-refractivity contribution is -0.132. The molecule has 1 saturated heterocycles. The second-order valence-corrected chi connectivity index (χ2v) is 7.68. The van der Waals surface area contributed by atoms with Crippen LogP contribution in [0.3, 0.4) is 0 Å².